The number of nitrogens with one attached hydrogen (secondary N) is 4. The summed E-state index contributed by atoms with van der Waals surface area (Å²) in [5, 5.41) is 20.2. The van der Waals surface area contributed by atoms with Gasteiger partial charge in [-0.05, 0) is 37.6 Å². The van der Waals surface area contributed by atoms with Gasteiger partial charge >= 0.3 is 5.97 Å². The van der Waals surface area contributed by atoms with E-state index in [4.69, 9.17) is 5.73 Å². The van der Waals surface area contributed by atoms with Crippen LogP contribution in [0.2, 0.25) is 0 Å². The third-order valence-corrected chi connectivity index (χ3v) is 5.71. The highest BCUT2D eigenvalue weighted by atomic mass is 16.4. The molecule has 0 aliphatic carbocycles. The Balaban J connectivity index is 2.97. The molecule has 1 rings (SSSR count). The summed E-state index contributed by atoms with van der Waals surface area (Å²) in [7, 11) is 0. The Morgan fingerprint density at radius 1 is 1.03 bits per heavy atom. The van der Waals surface area contributed by atoms with E-state index in [-0.39, 0.29) is 30.6 Å². The summed E-state index contributed by atoms with van der Waals surface area (Å²) in [4.78, 5) is 61.1. The average Bonchev–Trinajstić information content (AvgIpc) is 3.26. The number of hydrogen-bond acceptors (Lipinski definition) is 6. The van der Waals surface area contributed by atoms with Crippen LogP contribution in [0.4, 0.5) is 0 Å². The first kappa shape index (κ1) is 27.3. The molecule has 0 aromatic carbocycles. The van der Waals surface area contributed by atoms with E-state index in [9.17, 15) is 29.1 Å². The SMILES string of the molecule is CCC(C)C(NC(=O)C(CCC(N)=O)NC(=O)C1CCCN1)C(=O)NC(C(=O)O)C(C)C. The van der Waals surface area contributed by atoms with Crippen molar-refractivity contribution in [2.45, 2.75) is 84.0 Å². The summed E-state index contributed by atoms with van der Waals surface area (Å²) in [5.74, 6) is -4.05. The maximum Gasteiger partial charge on any atom is 0.326 e. The summed E-state index contributed by atoms with van der Waals surface area (Å²) in [6, 6.07) is -3.59. The lowest BCUT2D eigenvalue weighted by Gasteiger charge is -2.28. The molecule has 4 amide bonds. The number of hydrogen-bond donors (Lipinski definition) is 6. The second-order valence-electron chi connectivity index (χ2n) is 8.66. The summed E-state index contributed by atoms with van der Waals surface area (Å²) in [6.45, 7) is 7.64. The lowest BCUT2D eigenvalue weighted by molar-refractivity contribution is -0.144. The van der Waals surface area contributed by atoms with E-state index in [1.54, 1.807) is 20.8 Å². The highest BCUT2D eigenvalue weighted by Gasteiger charge is 2.34. The Labute approximate surface area is 188 Å². The first-order valence-electron chi connectivity index (χ1n) is 11.1. The number of carboxylic acid groups (broad SMARTS) is 1. The summed E-state index contributed by atoms with van der Waals surface area (Å²) < 4.78 is 0. The van der Waals surface area contributed by atoms with Crippen molar-refractivity contribution in [3.8, 4) is 0 Å². The topological polar surface area (TPSA) is 180 Å². The maximum absolute atomic E-state index is 13.0. The smallest absolute Gasteiger partial charge is 0.326 e. The van der Waals surface area contributed by atoms with Gasteiger partial charge in [0.1, 0.15) is 18.1 Å². The van der Waals surface area contributed by atoms with Gasteiger partial charge in [-0.1, -0.05) is 34.1 Å². The number of nitrogens with two attached hydrogens (primary N) is 1. The third-order valence-electron chi connectivity index (χ3n) is 5.71. The van der Waals surface area contributed by atoms with Gasteiger partial charge in [0.2, 0.25) is 23.6 Å². The number of amides is 4. The molecule has 1 fully saturated rings. The Hall–Kier alpha value is -2.69. The van der Waals surface area contributed by atoms with Gasteiger partial charge in [-0.25, -0.2) is 4.79 Å². The van der Waals surface area contributed by atoms with E-state index >= 15 is 0 Å². The summed E-state index contributed by atoms with van der Waals surface area (Å²) in [5.41, 5.74) is 5.21. The Morgan fingerprint density at radius 3 is 2.12 bits per heavy atom. The number of carbonyl (C=O) groups is 5. The molecule has 0 aromatic heterocycles. The van der Waals surface area contributed by atoms with E-state index < -0.39 is 47.9 Å². The molecule has 1 aliphatic rings. The van der Waals surface area contributed by atoms with Crippen molar-refractivity contribution in [2.75, 3.05) is 6.54 Å². The molecule has 0 saturated carbocycles. The van der Waals surface area contributed by atoms with Crippen molar-refractivity contribution in [3.05, 3.63) is 0 Å². The first-order chi connectivity index (χ1) is 15.0. The molecule has 182 valence electrons. The minimum Gasteiger partial charge on any atom is -0.480 e. The van der Waals surface area contributed by atoms with Crippen LogP contribution in [0.25, 0.3) is 0 Å². The van der Waals surface area contributed by atoms with Gasteiger partial charge in [0.05, 0.1) is 6.04 Å². The Bertz CT molecular complexity index is 692. The van der Waals surface area contributed by atoms with Gasteiger partial charge in [-0.3, -0.25) is 19.2 Å². The molecule has 11 heteroatoms. The van der Waals surface area contributed by atoms with Crippen molar-refractivity contribution < 1.29 is 29.1 Å². The molecule has 0 aromatic rings. The van der Waals surface area contributed by atoms with Crippen molar-refractivity contribution in [1.82, 2.24) is 21.3 Å². The molecule has 11 nitrogen and oxygen atoms in total. The highest BCUT2D eigenvalue weighted by molar-refractivity contribution is 5.94. The predicted molar refractivity (Wildman–Crippen MR) is 117 cm³/mol. The molecule has 7 N–H and O–H groups in total. The number of aliphatic carboxylic acids is 1. The normalized spacial score (nSPS) is 19.5. The molecular formula is C21H37N5O6. The molecular weight excluding hydrogens is 418 g/mol. The fraction of sp³-hybridized carbons (Fsp3) is 0.762. The van der Waals surface area contributed by atoms with Crippen molar-refractivity contribution in [3.63, 3.8) is 0 Å². The Morgan fingerprint density at radius 2 is 1.66 bits per heavy atom. The quantitative estimate of drug-likeness (QED) is 0.211. The largest absolute Gasteiger partial charge is 0.480 e. The zero-order valence-corrected chi connectivity index (χ0v) is 19.3. The number of rotatable bonds is 13. The van der Waals surface area contributed by atoms with Gasteiger partial charge in [-0.15, -0.1) is 0 Å². The molecule has 5 unspecified atom stereocenters. The van der Waals surface area contributed by atoms with Crippen LogP contribution in [0, 0.1) is 11.8 Å². The van der Waals surface area contributed by atoms with Gasteiger partial charge in [0, 0.05) is 6.42 Å². The molecule has 0 bridgehead atoms. The van der Waals surface area contributed by atoms with Crippen LogP contribution in [0.15, 0.2) is 0 Å². The van der Waals surface area contributed by atoms with Gasteiger partial charge in [0.15, 0.2) is 0 Å². The molecule has 1 aliphatic heterocycles. The minimum atomic E-state index is -1.17. The molecule has 0 spiro atoms. The van der Waals surface area contributed by atoms with Crippen LogP contribution in [-0.2, 0) is 24.0 Å². The minimum absolute atomic E-state index is 0.0157. The molecule has 1 heterocycles. The monoisotopic (exact) mass is 455 g/mol. The van der Waals surface area contributed by atoms with E-state index in [1.807, 2.05) is 6.92 Å². The van der Waals surface area contributed by atoms with Crippen LogP contribution >= 0.6 is 0 Å². The lowest BCUT2D eigenvalue weighted by Crippen LogP contribution is -2.59. The maximum atomic E-state index is 13.0. The first-order valence-corrected chi connectivity index (χ1v) is 11.1. The van der Waals surface area contributed by atoms with E-state index in [1.165, 1.54) is 0 Å². The van der Waals surface area contributed by atoms with Crippen LogP contribution in [0.1, 0.15) is 59.8 Å². The molecule has 32 heavy (non-hydrogen) atoms. The zero-order chi connectivity index (χ0) is 24.4. The lowest BCUT2D eigenvalue weighted by atomic mass is 9.96. The second-order valence-corrected chi connectivity index (χ2v) is 8.66. The molecule has 5 atom stereocenters. The van der Waals surface area contributed by atoms with Crippen molar-refractivity contribution in [2.24, 2.45) is 17.6 Å². The van der Waals surface area contributed by atoms with Gasteiger partial charge in [0.25, 0.3) is 0 Å². The molecule has 1 saturated heterocycles. The van der Waals surface area contributed by atoms with Gasteiger partial charge < -0.3 is 32.1 Å². The molecule has 0 radical (unpaired) electrons. The third kappa shape index (κ3) is 8.45. The fourth-order valence-corrected chi connectivity index (χ4v) is 3.45. The van der Waals surface area contributed by atoms with E-state index in [0.29, 0.717) is 19.4 Å². The number of carbonyl (C=O) groups excluding carboxylic acids is 4. The van der Waals surface area contributed by atoms with E-state index in [0.717, 1.165) is 6.42 Å². The average molecular weight is 456 g/mol. The fourth-order valence-electron chi connectivity index (χ4n) is 3.45. The van der Waals surface area contributed by atoms with Crippen LogP contribution < -0.4 is 27.0 Å². The van der Waals surface area contributed by atoms with Crippen LogP contribution in [0.5, 0.6) is 0 Å². The second kappa shape index (κ2) is 13.0. The highest BCUT2D eigenvalue weighted by Crippen LogP contribution is 2.12. The predicted octanol–water partition coefficient (Wildman–Crippen LogP) is -0.755. The number of primary amides is 1. The Kier molecular flexibility index (Phi) is 11.1. The van der Waals surface area contributed by atoms with E-state index in [2.05, 4.69) is 21.3 Å². The van der Waals surface area contributed by atoms with Crippen molar-refractivity contribution >= 4 is 29.6 Å². The van der Waals surface area contributed by atoms with Crippen LogP contribution in [-0.4, -0.2) is 65.4 Å². The summed E-state index contributed by atoms with van der Waals surface area (Å²) in [6.07, 6.45) is 1.89. The number of carboxylic acids is 1. The summed E-state index contributed by atoms with van der Waals surface area (Å²) >= 11 is 0. The van der Waals surface area contributed by atoms with Crippen molar-refractivity contribution in [1.29, 1.82) is 0 Å². The zero-order valence-electron chi connectivity index (χ0n) is 19.3. The van der Waals surface area contributed by atoms with Gasteiger partial charge in [-0.2, -0.15) is 0 Å². The standard InChI is InChI=1S/C21H37N5O6/c1-5-12(4)17(20(30)25-16(11(2)3)21(31)32)26-19(29)14(8-9-15(22)27)24-18(28)13-7-6-10-23-13/h11-14,16-17,23H,5-10H2,1-4H3,(H2,22,27)(H,24,28)(H,25,30)(H,26,29)(H,31,32). The van der Waals surface area contributed by atoms with Crippen LogP contribution in [0.3, 0.4) is 0 Å².